The molecule has 40 heavy (non-hydrogen) atoms. The van der Waals surface area contributed by atoms with Gasteiger partial charge in [-0.2, -0.15) is 10.2 Å². The van der Waals surface area contributed by atoms with E-state index in [0.717, 1.165) is 63.6 Å². The maximum Gasteiger partial charge on any atom is 0.237 e. The quantitative estimate of drug-likeness (QED) is 0.0609. The summed E-state index contributed by atoms with van der Waals surface area (Å²) >= 11 is 0. The lowest BCUT2D eigenvalue weighted by Crippen LogP contribution is -2.33. The van der Waals surface area contributed by atoms with Crippen LogP contribution in [-0.2, 0) is 0 Å². The molecule has 1 heterocycles. The predicted octanol–water partition coefficient (Wildman–Crippen LogP) is 7.67. The first-order valence-corrected chi connectivity index (χ1v) is 13.4. The Morgan fingerprint density at radius 2 is 1.40 bits per heavy atom. The molecule has 5 rings (SSSR count). The fourth-order valence-electron chi connectivity index (χ4n) is 4.80. The molecule has 1 aromatic heterocycles. The topological polar surface area (TPSA) is 96.7 Å². The number of rotatable bonds is 10. The number of anilines is 2. The third kappa shape index (κ3) is 5.70. The summed E-state index contributed by atoms with van der Waals surface area (Å²) in [5.41, 5.74) is 17.0. The molecule has 0 bridgehead atoms. The van der Waals surface area contributed by atoms with Gasteiger partial charge in [0.15, 0.2) is 0 Å². The molecule has 200 valence electrons. The molecule has 0 unspecified atom stereocenters. The van der Waals surface area contributed by atoms with Gasteiger partial charge in [-0.3, -0.25) is 0 Å². The van der Waals surface area contributed by atoms with E-state index in [1.54, 1.807) is 0 Å². The number of likely N-dealkylation sites (N-methyl/N-ethyl adjacent to an activating group) is 1. The highest BCUT2D eigenvalue weighted by molar-refractivity contribution is 5.86. The van der Waals surface area contributed by atoms with E-state index in [2.05, 4.69) is 92.1 Å². The van der Waals surface area contributed by atoms with Gasteiger partial charge in [0, 0.05) is 73.8 Å². The third-order valence-electron chi connectivity index (χ3n) is 6.95. The molecule has 0 fully saturated rings. The van der Waals surface area contributed by atoms with Gasteiger partial charge < -0.3 is 9.80 Å². The molecule has 5 aromatic rings. The van der Waals surface area contributed by atoms with E-state index in [4.69, 9.17) is 10.5 Å². The van der Waals surface area contributed by atoms with Crippen LogP contribution >= 0.6 is 0 Å². The van der Waals surface area contributed by atoms with Crippen molar-refractivity contribution < 1.29 is 4.57 Å². The van der Waals surface area contributed by atoms with Crippen LogP contribution in [0.3, 0.4) is 0 Å². The second-order valence-corrected chi connectivity index (χ2v) is 9.39. The highest BCUT2D eigenvalue weighted by atomic mass is 15.2. The van der Waals surface area contributed by atoms with E-state index in [1.165, 1.54) is 0 Å². The molecule has 4 aromatic carbocycles. The van der Waals surface area contributed by atoms with Crippen molar-refractivity contribution in [3.8, 4) is 5.69 Å². The molecule has 0 radical (unpaired) electrons. The van der Waals surface area contributed by atoms with Gasteiger partial charge >= 0.3 is 0 Å². The number of benzene rings is 4. The van der Waals surface area contributed by atoms with Crippen molar-refractivity contribution in [1.29, 1.82) is 0 Å². The first kappa shape index (κ1) is 26.6. The van der Waals surface area contributed by atoms with Crippen LogP contribution in [0.4, 0.5) is 22.7 Å². The van der Waals surface area contributed by atoms with Gasteiger partial charge in [-0.15, -0.1) is 4.57 Å². The van der Waals surface area contributed by atoms with Gasteiger partial charge in [-0.25, -0.2) is 4.98 Å². The molecule has 0 aliphatic heterocycles. The summed E-state index contributed by atoms with van der Waals surface area (Å²) in [5.74, 6) is 0. The largest absolute Gasteiger partial charge is 0.374 e. The van der Waals surface area contributed by atoms with Crippen LogP contribution in [0, 0.1) is 0 Å². The highest BCUT2D eigenvalue weighted by Gasteiger charge is 2.20. The van der Waals surface area contributed by atoms with Crippen molar-refractivity contribution in [3.05, 3.63) is 101 Å². The maximum absolute atomic E-state index is 8.47. The van der Waals surface area contributed by atoms with E-state index in [-0.39, 0.29) is 0 Å². The minimum Gasteiger partial charge on any atom is -0.374 e. The Morgan fingerprint density at radius 1 is 0.775 bits per heavy atom. The molecule has 0 spiro atoms. The second kappa shape index (κ2) is 12.2. The summed E-state index contributed by atoms with van der Waals surface area (Å²) in [6.45, 7) is 7.27. The van der Waals surface area contributed by atoms with Crippen molar-refractivity contribution in [2.24, 2.45) is 15.3 Å². The van der Waals surface area contributed by atoms with Crippen molar-refractivity contribution in [1.82, 2.24) is 4.98 Å². The molecule has 9 heteroatoms. The Hall–Kier alpha value is -5.01. The van der Waals surface area contributed by atoms with Crippen LogP contribution in [0.5, 0.6) is 0 Å². The van der Waals surface area contributed by atoms with Crippen molar-refractivity contribution >= 4 is 44.8 Å². The van der Waals surface area contributed by atoms with E-state index in [9.17, 15) is 0 Å². The highest BCUT2D eigenvalue weighted by Crippen LogP contribution is 2.27. The summed E-state index contributed by atoms with van der Waals surface area (Å²) in [4.78, 5) is 12.2. The first-order chi connectivity index (χ1) is 19.6. The smallest absolute Gasteiger partial charge is 0.237 e. The zero-order chi connectivity index (χ0) is 27.9. The van der Waals surface area contributed by atoms with Gasteiger partial charge in [-0.05, 0) is 67.9 Å². The summed E-state index contributed by atoms with van der Waals surface area (Å²) in [5, 5.41) is 12.6. The Morgan fingerprint density at radius 3 is 2.10 bits per heavy atom. The van der Waals surface area contributed by atoms with Crippen LogP contribution in [0.25, 0.3) is 38.2 Å². The van der Waals surface area contributed by atoms with Gasteiger partial charge in [0.1, 0.15) is 11.0 Å². The Labute approximate surface area is 233 Å². The fraction of sp³-hybridized carbons (Fsp3) is 0.226. The normalized spacial score (nSPS) is 11.2. The second-order valence-electron chi connectivity index (χ2n) is 9.39. The zero-order valence-electron chi connectivity index (χ0n) is 23.0. The monoisotopic (exact) mass is 530 g/mol. The standard InChI is InChI=1S/C31H32N9/c1-4-39(5-2)27-16-18-31-29(22-27)34-28-21-24(13-17-30(28)40(31)26-9-7-6-8-10-26)36-35-23-11-14-25(15-12-23)38(3)20-19-33-37-32/h6-18,21-22H,4-5,19-20H2,1-3H3/q+1. The number of para-hydroxylation sites is 1. The molecule has 0 atom stereocenters. The number of azo groups is 1. The maximum atomic E-state index is 8.47. The van der Waals surface area contributed by atoms with Gasteiger partial charge in [0.05, 0.1) is 11.4 Å². The van der Waals surface area contributed by atoms with Crippen molar-refractivity contribution in [2.45, 2.75) is 13.8 Å². The lowest BCUT2D eigenvalue weighted by Gasteiger charge is -2.20. The molecule has 0 aliphatic rings. The molecule has 0 saturated carbocycles. The van der Waals surface area contributed by atoms with Crippen molar-refractivity contribution in [2.75, 3.05) is 43.0 Å². The van der Waals surface area contributed by atoms with Gasteiger partial charge in [0.2, 0.25) is 16.7 Å². The Kier molecular flexibility index (Phi) is 8.13. The molecule has 0 saturated heterocycles. The summed E-state index contributed by atoms with van der Waals surface area (Å²) in [7, 11) is 1.96. The third-order valence-corrected chi connectivity index (χ3v) is 6.95. The Balaban J connectivity index is 1.51. The molecular formula is C31H32N9+. The van der Waals surface area contributed by atoms with Crippen LogP contribution in [0.15, 0.2) is 106 Å². The van der Waals surface area contributed by atoms with Crippen LogP contribution in [-0.4, -0.2) is 38.2 Å². The molecule has 0 N–H and O–H groups in total. The predicted molar refractivity (Wildman–Crippen MR) is 162 cm³/mol. The van der Waals surface area contributed by atoms with E-state index >= 15 is 0 Å². The average Bonchev–Trinajstić information content (AvgIpc) is 3.00. The van der Waals surface area contributed by atoms with Crippen LogP contribution in [0.2, 0.25) is 0 Å². The van der Waals surface area contributed by atoms with E-state index in [0.29, 0.717) is 13.1 Å². The molecule has 0 aliphatic carbocycles. The lowest BCUT2D eigenvalue weighted by atomic mass is 10.2. The summed E-state index contributed by atoms with van der Waals surface area (Å²) < 4.78 is 2.25. The van der Waals surface area contributed by atoms with E-state index < -0.39 is 0 Å². The number of hydrogen-bond donors (Lipinski definition) is 0. The SMILES string of the molecule is CCN(CC)c1ccc2c(c1)nc1cc(N=Nc3ccc(N(C)CCN=[N+]=[N-])cc3)ccc1[n+]2-c1ccccc1. The number of fused-ring (bicyclic) bond motifs is 2. The Bertz CT molecular complexity index is 1690. The minimum atomic E-state index is 0.417. The fourth-order valence-corrected chi connectivity index (χ4v) is 4.80. The van der Waals surface area contributed by atoms with Gasteiger partial charge in [0.25, 0.3) is 0 Å². The first-order valence-electron chi connectivity index (χ1n) is 13.4. The molecule has 9 nitrogen and oxygen atoms in total. The molecule has 0 amide bonds. The number of aromatic nitrogens is 2. The van der Waals surface area contributed by atoms with Crippen LogP contribution in [0.1, 0.15) is 13.8 Å². The number of azide groups is 1. The minimum absolute atomic E-state index is 0.417. The van der Waals surface area contributed by atoms with E-state index in [1.807, 2.05) is 54.4 Å². The molecular weight excluding hydrogens is 498 g/mol. The average molecular weight is 531 g/mol. The summed E-state index contributed by atoms with van der Waals surface area (Å²) in [6, 6.07) is 30.7. The lowest BCUT2D eigenvalue weighted by molar-refractivity contribution is -0.538. The van der Waals surface area contributed by atoms with Crippen molar-refractivity contribution in [3.63, 3.8) is 0 Å². The summed E-state index contributed by atoms with van der Waals surface area (Å²) in [6.07, 6.45) is 0. The van der Waals surface area contributed by atoms with Crippen LogP contribution < -0.4 is 14.4 Å². The van der Waals surface area contributed by atoms with Gasteiger partial charge in [-0.1, -0.05) is 23.3 Å². The number of hydrogen-bond acceptors (Lipinski definition) is 6. The number of nitrogens with zero attached hydrogens (tertiary/aromatic N) is 9. The zero-order valence-corrected chi connectivity index (χ0v) is 23.0.